The van der Waals surface area contributed by atoms with Gasteiger partial charge in [-0.1, -0.05) is 15.9 Å². The zero-order chi connectivity index (χ0) is 14.7. The third-order valence-corrected chi connectivity index (χ3v) is 5.13. The van der Waals surface area contributed by atoms with E-state index in [9.17, 15) is 4.79 Å². The Morgan fingerprint density at radius 2 is 2.35 bits per heavy atom. The number of amides is 1. The molecule has 1 aliphatic rings. The molecule has 110 valence electrons. The quantitative estimate of drug-likeness (QED) is 0.717. The highest BCUT2D eigenvalue weighted by Crippen LogP contribution is 2.25. The smallest absolute Gasteiger partial charge is 0.255 e. The molecule has 6 heteroatoms. The summed E-state index contributed by atoms with van der Waals surface area (Å²) in [5.41, 5.74) is 6.56. The Morgan fingerprint density at radius 1 is 1.60 bits per heavy atom. The molecular weight excluding hydrogens is 435 g/mol. The molecule has 1 aromatic carbocycles. The summed E-state index contributed by atoms with van der Waals surface area (Å²) in [5.74, 6) is 0.0562. The summed E-state index contributed by atoms with van der Waals surface area (Å²) in [6.45, 7) is 1.16. The average Bonchev–Trinajstić information content (AvgIpc) is 2.48. The van der Waals surface area contributed by atoms with Crippen molar-refractivity contribution in [1.29, 1.82) is 0 Å². The SMILES string of the molecule is COC1CCN(C(=O)c2cc(Br)ccc2I)C(CN)C1. The third-order valence-electron chi connectivity index (χ3n) is 3.69. The van der Waals surface area contributed by atoms with Crippen LogP contribution in [0, 0.1) is 3.57 Å². The molecule has 20 heavy (non-hydrogen) atoms. The van der Waals surface area contributed by atoms with Gasteiger partial charge in [-0.05, 0) is 53.6 Å². The van der Waals surface area contributed by atoms with Gasteiger partial charge in [0.25, 0.3) is 5.91 Å². The van der Waals surface area contributed by atoms with E-state index in [4.69, 9.17) is 10.5 Å². The number of carbonyl (C=O) groups is 1. The molecule has 0 spiro atoms. The first-order valence-corrected chi connectivity index (χ1v) is 8.43. The average molecular weight is 453 g/mol. The van der Waals surface area contributed by atoms with Crippen molar-refractivity contribution in [2.75, 3.05) is 20.2 Å². The normalized spacial score (nSPS) is 22.9. The lowest BCUT2D eigenvalue weighted by atomic mass is 9.98. The maximum Gasteiger partial charge on any atom is 0.255 e. The first-order chi connectivity index (χ1) is 9.56. The second-order valence-electron chi connectivity index (χ2n) is 4.89. The highest BCUT2D eigenvalue weighted by atomic mass is 127. The number of likely N-dealkylation sites (tertiary alicyclic amines) is 1. The van der Waals surface area contributed by atoms with Gasteiger partial charge in [0.1, 0.15) is 0 Å². The molecule has 1 heterocycles. The number of piperidine rings is 1. The van der Waals surface area contributed by atoms with E-state index < -0.39 is 0 Å². The van der Waals surface area contributed by atoms with Crippen LogP contribution in [-0.2, 0) is 4.74 Å². The number of ether oxygens (including phenoxy) is 1. The molecule has 0 aliphatic carbocycles. The molecule has 1 amide bonds. The molecular formula is C14H18BrIN2O2. The zero-order valence-electron chi connectivity index (χ0n) is 11.3. The van der Waals surface area contributed by atoms with E-state index in [1.54, 1.807) is 7.11 Å². The lowest BCUT2D eigenvalue weighted by Crippen LogP contribution is -2.51. The molecule has 1 fully saturated rings. The summed E-state index contributed by atoms with van der Waals surface area (Å²) in [6, 6.07) is 5.81. The summed E-state index contributed by atoms with van der Waals surface area (Å²) >= 11 is 5.62. The van der Waals surface area contributed by atoms with Crippen molar-refractivity contribution < 1.29 is 9.53 Å². The second-order valence-corrected chi connectivity index (χ2v) is 6.97. The summed E-state index contributed by atoms with van der Waals surface area (Å²) in [4.78, 5) is 14.6. The first-order valence-electron chi connectivity index (χ1n) is 6.55. The predicted molar refractivity (Wildman–Crippen MR) is 90.8 cm³/mol. The summed E-state index contributed by atoms with van der Waals surface area (Å²) in [7, 11) is 1.72. The van der Waals surface area contributed by atoms with Gasteiger partial charge < -0.3 is 15.4 Å². The van der Waals surface area contributed by atoms with E-state index in [0.717, 1.165) is 26.4 Å². The van der Waals surface area contributed by atoms with Crippen LogP contribution in [0.15, 0.2) is 22.7 Å². The topological polar surface area (TPSA) is 55.6 Å². The van der Waals surface area contributed by atoms with Gasteiger partial charge in [-0.25, -0.2) is 0 Å². The van der Waals surface area contributed by atoms with Crippen molar-refractivity contribution in [3.8, 4) is 0 Å². The van der Waals surface area contributed by atoms with E-state index in [-0.39, 0.29) is 18.1 Å². The van der Waals surface area contributed by atoms with Crippen LogP contribution in [0.1, 0.15) is 23.2 Å². The largest absolute Gasteiger partial charge is 0.381 e. The molecule has 0 aromatic heterocycles. The Morgan fingerprint density at radius 3 is 3.00 bits per heavy atom. The Balaban J connectivity index is 2.21. The molecule has 0 saturated carbocycles. The fourth-order valence-electron chi connectivity index (χ4n) is 2.54. The number of benzene rings is 1. The maximum absolute atomic E-state index is 12.7. The molecule has 0 radical (unpaired) electrons. The Bertz CT molecular complexity index is 498. The van der Waals surface area contributed by atoms with Gasteiger partial charge in [-0.3, -0.25) is 4.79 Å². The van der Waals surface area contributed by atoms with Crippen LogP contribution in [0.3, 0.4) is 0 Å². The number of carbonyl (C=O) groups excluding carboxylic acids is 1. The van der Waals surface area contributed by atoms with Crippen molar-refractivity contribution in [3.63, 3.8) is 0 Å². The fraction of sp³-hybridized carbons (Fsp3) is 0.500. The van der Waals surface area contributed by atoms with Crippen LogP contribution in [0.5, 0.6) is 0 Å². The fourth-order valence-corrected chi connectivity index (χ4v) is 3.46. The molecule has 2 atom stereocenters. The predicted octanol–water partition coefficient (Wildman–Crippen LogP) is 2.63. The minimum Gasteiger partial charge on any atom is -0.381 e. The molecule has 2 N–H and O–H groups in total. The van der Waals surface area contributed by atoms with Gasteiger partial charge in [0.05, 0.1) is 11.7 Å². The van der Waals surface area contributed by atoms with Crippen molar-refractivity contribution in [3.05, 3.63) is 31.8 Å². The molecule has 1 aromatic rings. The number of nitrogens with two attached hydrogens (primary N) is 1. The van der Waals surface area contributed by atoms with Gasteiger partial charge in [-0.2, -0.15) is 0 Å². The molecule has 0 bridgehead atoms. The standard InChI is InChI=1S/C14H18BrIN2O2/c1-20-11-4-5-18(10(7-11)8-17)14(19)12-6-9(15)2-3-13(12)16/h2-3,6,10-11H,4-5,7-8,17H2,1H3. The Labute approximate surface area is 141 Å². The van der Waals surface area contributed by atoms with Crippen molar-refractivity contribution in [2.24, 2.45) is 5.73 Å². The zero-order valence-corrected chi connectivity index (χ0v) is 15.1. The first kappa shape index (κ1) is 16.2. The van der Waals surface area contributed by atoms with Crippen molar-refractivity contribution >= 4 is 44.4 Å². The summed E-state index contributed by atoms with van der Waals surface area (Å²) in [5, 5.41) is 0. The number of halogens is 2. The maximum atomic E-state index is 12.7. The van der Waals surface area contributed by atoms with E-state index in [1.165, 1.54) is 0 Å². The minimum atomic E-state index is 0.0518. The lowest BCUT2D eigenvalue weighted by Gasteiger charge is -2.38. The van der Waals surface area contributed by atoms with Gasteiger partial charge in [0, 0.05) is 34.3 Å². The monoisotopic (exact) mass is 452 g/mol. The van der Waals surface area contributed by atoms with Crippen LogP contribution in [0.2, 0.25) is 0 Å². The van der Waals surface area contributed by atoms with Gasteiger partial charge >= 0.3 is 0 Å². The number of methoxy groups -OCH3 is 1. The highest BCUT2D eigenvalue weighted by molar-refractivity contribution is 14.1. The van der Waals surface area contributed by atoms with Crippen LogP contribution in [0.4, 0.5) is 0 Å². The minimum absolute atomic E-state index is 0.0518. The van der Waals surface area contributed by atoms with Crippen LogP contribution < -0.4 is 5.73 Å². The van der Waals surface area contributed by atoms with Crippen LogP contribution >= 0.6 is 38.5 Å². The van der Waals surface area contributed by atoms with E-state index in [2.05, 4.69) is 38.5 Å². The van der Waals surface area contributed by atoms with E-state index in [1.807, 2.05) is 23.1 Å². The summed E-state index contributed by atoms with van der Waals surface area (Å²) in [6.07, 6.45) is 1.88. The van der Waals surface area contributed by atoms with Gasteiger partial charge in [-0.15, -0.1) is 0 Å². The van der Waals surface area contributed by atoms with Crippen LogP contribution in [0.25, 0.3) is 0 Å². The molecule has 1 saturated heterocycles. The van der Waals surface area contributed by atoms with Crippen molar-refractivity contribution in [2.45, 2.75) is 25.0 Å². The molecule has 4 nitrogen and oxygen atoms in total. The lowest BCUT2D eigenvalue weighted by molar-refractivity contribution is 0.0138. The molecule has 2 rings (SSSR count). The number of hydrogen-bond acceptors (Lipinski definition) is 3. The van der Waals surface area contributed by atoms with E-state index in [0.29, 0.717) is 13.1 Å². The summed E-state index contributed by atoms with van der Waals surface area (Å²) < 4.78 is 7.27. The third kappa shape index (κ3) is 3.52. The van der Waals surface area contributed by atoms with E-state index >= 15 is 0 Å². The van der Waals surface area contributed by atoms with Gasteiger partial charge in [0.15, 0.2) is 0 Å². The molecule has 2 unspecified atom stereocenters. The number of hydrogen-bond donors (Lipinski definition) is 1. The van der Waals surface area contributed by atoms with Crippen LogP contribution in [-0.4, -0.2) is 43.2 Å². The number of rotatable bonds is 3. The Kier molecular flexibility index (Phi) is 5.83. The molecule has 1 aliphatic heterocycles. The second kappa shape index (κ2) is 7.20. The van der Waals surface area contributed by atoms with Crippen molar-refractivity contribution in [1.82, 2.24) is 4.90 Å². The highest BCUT2D eigenvalue weighted by Gasteiger charge is 2.31. The number of nitrogens with zero attached hydrogens (tertiary/aromatic N) is 1. The van der Waals surface area contributed by atoms with Gasteiger partial charge in [0.2, 0.25) is 0 Å². The Hall–Kier alpha value is -0.180.